The highest BCUT2D eigenvalue weighted by Crippen LogP contribution is 2.26. The maximum Gasteiger partial charge on any atom is 0.221 e. The molecule has 0 radical (unpaired) electrons. The molecule has 0 aliphatic heterocycles. The monoisotopic (exact) mass is 395 g/mol. The second kappa shape index (κ2) is 13.4. The van der Waals surface area contributed by atoms with Crippen molar-refractivity contribution < 1.29 is 4.79 Å². The molecule has 0 heterocycles. The van der Waals surface area contributed by atoms with Crippen molar-refractivity contribution in [2.45, 2.75) is 39.7 Å². The summed E-state index contributed by atoms with van der Waals surface area (Å²) in [5.41, 5.74) is 1.10. The van der Waals surface area contributed by atoms with Crippen LogP contribution in [0.25, 0.3) is 0 Å². The van der Waals surface area contributed by atoms with E-state index in [0.717, 1.165) is 36.6 Å². The molecule has 1 unspecified atom stereocenters. The topological polar surface area (TPSA) is 68.8 Å². The van der Waals surface area contributed by atoms with Crippen LogP contribution in [0.2, 0.25) is 5.02 Å². The Morgan fingerprint density at radius 3 is 2.41 bits per heavy atom. The van der Waals surface area contributed by atoms with Crippen molar-refractivity contribution in [2.24, 2.45) is 4.99 Å². The van der Waals surface area contributed by atoms with Gasteiger partial charge in [-0.25, -0.2) is 0 Å². The smallest absolute Gasteiger partial charge is 0.221 e. The van der Waals surface area contributed by atoms with Gasteiger partial charge in [-0.3, -0.25) is 14.7 Å². The lowest BCUT2D eigenvalue weighted by molar-refractivity contribution is -0.120. The lowest BCUT2D eigenvalue weighted by Gasteiger charge is -2.31. The molecule has 0 spiro atoms. The number of amides is 1. The third-order valence-corrected chi connectivity index (χ3v) is 4.76. The van der Waals surface area contributed by atoms with Gasteiger partial charge in [0.1, 0.15) is 0 Å². The van der Waals surface area contributed by atoms with Crippen LogP contribution >= 0.6 is 11.6 Å². The fourth-order valence-electron chi connectivity index (χ4n) is 2.91. The lowest BCUT2D eigenvalue weighted by Crippen LogP contribution is -2.44. The quantitative estimate of drug-likeness (QED) is 0.398. The highest BCUT2D eigenvalue weighted by atomic mass is 35.5. The molecule has 0 fully saturated rings. The number of halogens is 1. The number of guanidine groups is 1. The first-order valence-corrected chi connectivity index (χ1v) is 10.1. The standard InChI is InChI=1S/C20H34ClN5O/c1-5-13-23-19(27)12-14-24-20(22-4)25-15-18(26(6-2)7-3)16-10-8-9-11-17(16)21/h8-11,18H,5-7,12-15H2,1-4H3,(H,23,27)(H2,22,24,25). The van der Waals surface area contributed by atoms with Gasteiger partial charge in [-0.2, -0.15) is 0 Å². The zero-order valence-electron chi connectivity index (χ0n) is 17.0. The number of carbonyl (C=O) groups excluding carboxylic acids is 1. The van der Waals surface area contributed by atoms with Gasteiger partial charge in [-0.1, -0.05) is 50.6 Å². The molecule has 0 saturated carbocycles. The molecule has 0 aromatic heterocycles. The zero-order valence-corrected chi connectivity index (χ0v) is 17.8. The Kier molecular flexibility index (Phi) is 11.5. The van der Waals surface area contributed by atoms with Crippen molar-refractivity contribution in [1.29, 1.82) is 0 Å². The van der Waals surface area contributed by atoms with Crippen molar-refractivity contribution in [3.8, 4) is 0 Å². The number of nitrogens with zero attached hydrogens (tertiary/aromatic N) is 2. The van der Waals surface area contributed by atoms with Crippen LogP contribution in [0.5, 0.6) is 0 Å². The summed E-state index contributed by atoms with van der Waals surface area (Å²) < 4.78 is 0. The Hall–Kier alpha value is -1.79. The molecule has 1 rings (SSSR count). The summed E-state index contributed by atoms with van der Waals surface area (Å²) in [6.45, 7) is 10.1. The van der Waals surface area contributed by atoms with Crippen molar-refractivity contribution in [2.75, 3.05) is 39.8 Å². The summed E-state index contributed by atoms with van der Waals surface area (Å²) in [4.78, 5) is 18.3. The molecule has 1 atom stereocenters. The SMILES string of the molecule is CCCNC(=O)CCNC(=NC)NCC(c1ccccc1Cl)N(CC)CC. The fourth-order valence-corrected chi connectivity index (χ4v) is 3.17. The van der Waals surface area contributed by atoms with E-state index in [1.54, 1.807) is 7.05 Å². The Bertz CT molecular complexity index is 589. The van der Waals surface area contributed by atoms with E-state index in [0.29, 0.717) is 25.5 Å². The molecular formula is C20H34ClN5O. The van der Waals surface area contributed by atoms with Crippen LogP contribution in [0.1, 0.15) is 45.2 Å². The van der Waals surface area contributed by atoms with E-state index in [1.165, 1.54) is 0 Å². The maximum absolute atomic E-state index is 11.7. The van der Waals surface area contributed by atoms with Gasteiger partial charge in [0.15, 0.2) is 5.96 Å². The molecule has 7 heteroatoms. The number of aliphatic imine (C=N–C) groups is 1. The molecule has 0 bridgehead atoms. The summed E-state index contributed by atoms with van der Waals surface area (Å²) in [6, 6.07) is 8.10. The molecule has 0 aliphatic carbocycles. The molecule has 6 nitrogen and oxygen atoms in total. The van der Waals surface area contributed by atoms with Crippen LogP contribution < -0.4 is 16.0 Å². The first-order valence-electron chi connectivity index (χ1n) is 9.76. The average Bonchev–Trinajstić information content (AvgIpc) is 2.68. The lowest BCUT2D eigenvalue weighted by atomic mass is 10.0. The first-order chi connectivity index (χ1) is 13.1. The van der Waals surface area contributed by atoms with E-state index in [4.69, 9.17) is 11.6 Å². The van der Waals surface area contributed by atoms with Gasteiger partial charge < -0.3 is 16.0 Å². The number of hydrogen-bond acceptors (Lipinski definition) is 3. The summed E-state index contributed by atoms with van der Waals surface area (Å²) in [7, 11) is 1.73. The van der Waals surface area contributed by atoms with E-state index < -0.39 is 0 Å². The largest absolute Gasteiger partial charge is 0.356 e. The van der Waals surface area contributed by atoms with Crippen molar-refractivity contribution in [1.82, 2.24) is 20.9 Å². The van der Waals surface area contributed by atoms with E-state index in [2.05, 4.69) is 45.8 Å². The van der Waals surface area contributed by atoms with Gasteiger partial charge in [0, 0.05) is 38.1 Å². The van der Waals surface area contributed by atoms with Crippen LogP contribution in [0, 0.1) is 0 Å². The number of likely N-dealkylation sites (N-methyl/N-ethyl adjacent to an activating group) is 1. The van der Waals surface area contributed by atoms with Crippen LogP contribution in [-0.4, -0.2) is 56.5 Å². The van der Waals surface area contributed by atoms with Crippen LogP contribution in [0.15, 0.2) is 29.3 Å². The van der Waals surface area contributed by atoms with Gasteiger partial charge in [-0.15, -0.1) is 0 Å². The van der Waals surface area contributed by atoms with E-state index in [-0.39, 0.29) is 11.9 Å². The molecule has 1 amide bonds. The molecule has 0 saturated heterocycles. The highest BCUT2D eigenvalue weighted by molar-refractivity contribution is 6.31. The summed E-state index contributed by atoms with van der Waals surface area (Å²) in [6.07, 6.45) is 1.36. The highest BCUT2D eigenvalue weighted by Gasteiger charge is 2.20. The fraction of sp³-hybridized carbons (Fsp3) is 0.600. The number of hydrogen-bond donors (Lipinski definition) is 3. The normalized spacial score (nSPS) is 12.7. The minimum absolute atomic E-state index is 0.0527. The molecule has 27 heavy (non-hydrogen) atoms. The third-order valence-electron chi connectivity index (χ3n) is 4.42. The predicted molar refractivity (Wildman–Crippen MR) is 114 cm³/mol. The summed E-state index contributed by atoms with van der Waals surface area (Å²) >= 11 is 6.44. The van der Waals surface area contributed by atoms with Crippen molar-refractivity contribution >= 4 is 23.5 Å². The van der Waals surface area contributed by atoms with E-state index in [1.807, 2.05) is 25.1 Å². The average molecular weight is 396 g/mol. The van der Waals surface area contributed by atoms with E-state index in [9.17, 15) is 4.79 Å². The molecular weight excluding hydrogens is 362 g/mol. The van der Waals surface area contributed by atoms with Crippen LogP contribution in [0.3, 0.4) is 0 Å². The molecule has 0 aliphatic rings. The zero-order chi connectivity index (χ0) is 20.1. The first kappa shape index (κ1) is 23.2. The van der Waals surface area contributed by atoms with Crippen molar-refractivity contribution in [3.63, 3.8) is 0 Å². The van der Waals surface area contributed by atoms with Gasteiger partial charge in [-0.05, 0) is 31.1 Å². The second-order valence-corrected chi connectivity index (χ2v) is 6.65. The number of carbonyl (C=O) groups is 1. The molecule has 152 valence electrons. The van der Waals surface area contributed by atoms with Crippen molar-refractivity contribution in [3.05, 3.63) is 34.9 Å². The summed E-state index contributed by atoms with van der Waals surface area (Å²) in [5, 5.41) is 10.2. The number of rotatable bonds is 11. The Morgan fingerprint density at radius 1 is 1.11 bits per heavy atom. The Labute approximate surface area is 168 Å². The van der Waals surface area contributed by atoms with Gasteiger partial charge >= 0.3 is 0 Å². The Balaban J connectivity index is 2.65. The van der Waals surface area contributed by atoms with Gasteiger partial charge in [0.2, 0.25) is 5.91 Å². The van der Waals surface area contributed by atoms with Gasteiger partial charge in [0.05, 0.1) is 6.04 Å². The van der Waals surface area contributed by atoms with E-state index >= 15 is 0 Å². The second-order valence-electron chi connectivity index (χ2n) is 6.24. The van der Waals surface area contributed by atoms with Crippen LogP contribution in [-0.2, 0) is 4.79 Å². The molecule has 3 N–H and O–H groups in total. The minimum Gasteiger partial charge on any atom is -0.356 e. The molecule has 1 aromatic rings. The number of nitrogens with one attached hydrogen (secondary N) is 3. The minimum atomic E-state index is 0.0527. The third kappa shape index (κ3) is 8.18. The maximum atomic E-state index is 11.7. The summed E-state index contributed by atoms with van der Waals surface area (Å²) in [5.74, 6) is 0.736. The van der Waals surface area contributed by atoms with Crippen LogP contribution in [0.4, 0.5) is 0 Å². The number of benzene rings is 1. The molecule has 1 aromatic carbocycles. The van der Waals surface area contributed by atoms with Gasteiger partial charge in [0.25, 0.3) is 0 Å². The Morgan fingerprint density at radius 2 is 1.81 bits per heavy atom. The predicted octanol–water partition coefficient (Wildman–Crippen LogP) is 2.80.